The molecule has 6 heteroatoms. The highest BCUT2D eigenvalue weighted by Gasteiger charge is 2.10. The number of carbonyl (C=O) groups is 1. The van der Waals surface area contributed by atoms with Crippen molar-refractivity contribution < 1.29 is 18.8 Å². The van der Waals surface area contributed by atoms with E-state index in [1.807, 2.05) is 0 Å². The van der Waals surface area contributed by atoms with Crippen LogP contribution in [-0.2, 0) is 17.6 Å². The van der Waals surface area contributed by atoms with Crippen molar-refractivity contribution in [3.8, 4) is 0 Å². The van der Waals surface area contributed by atoms with Gasteiger partial charge in [-0.3, -0.25) is 4.79 Å². The van der Waals surface area contributed by atoms with E-state index < -0.39 is 5.97 Å². The summed E-state index contributed by atoms with van der Waals surface area (Å²) in [6.07, 6.45) is -0.00295. The molecule has 0 aliphatic heterocycles. The molecule has 0 amide bonds. The van der Waals surface area contributed by atoms with Gasteiger partial charge in [-0.1, -0.05) is 17.3 Å². The molecule has 2 rings (SSSR count). The van der Waals surface area contributed by atoms with Crippen LogP contribution in [0, 0.1) is 5.82 Å². The first kappa shape index (κ1) is 11.3. The van der Waals surface area contributed by atoms with Crippen molar-refractivity contribution in [1.82, 2.24) is 10.1 Å². The van der Waals surface area contributed by atoms with E-state index in [1.165, 1.54) is 12.1 Å². The summed E-state index contributed by atoms with van der Waals surface area (Å²) in [5, 5.41) is 12.0. The summed E-state index contributed by atoms with van der Waals surface area (Å²) in [5.74, 6) is -0.980. The number of benzene rings is 1. The second-order valence-electron chi connectivity index (χ2n) is 3.48. The lowest BCUT2D eigenvalue weighted by molar-refractivity contribution is -0.136. The summed E-state index contributed by atoms with van der Waals surface area (Å²) in [6.45, 7) is 0. The van der Waals surface area contributed by atoms with Gasteiger partial charge in [0.15, 0.2) is 5.82 Å². The third kappa shape index (κ3) is 3.10. The van der Waals surface area contributed by atoms with Gasteiger partial charge in [0.1, 0.15) is 12.2 Å². The van der Waals surface area contributed by atoms with Gasteiger partial charge in [0.05, 0.1) is 6.42 Å². The number of nitrogens with zero attached hydrogens (tertiary/aromatic N) is 2. The van der Waals surface area contributed by atoms with E-state index in [4.69, 9.17) is 9.63 Å². The third-order valence-electron chi connectivity index (χ3n) is 2.06. The van der Waals surface area contributed by atoms with Gasteiger partial charge in [-0.2, -0.15) is 4.98 Å². The Morgan fingerprint density at radius 1 is 1.47 bits per heavy atom. The summed E-state index contributed by atoms with van der Waals surface area (Å²) >= 11 is 0. The second kappa shape index (κ2) is 4.73. The number of carboxylic acids is 1. The SMILES string of the molecule is O=C(O)Cc1noc(Cc2cccc(F)c2)n1. The second-order valence-corrected chi connectivity index (χ2v) is 3.48. The van der Waals surface area contributed by atoms with Gasteiger partial charge in [0.2, 0.25) is 5.89 Å². The Bertz CT molecular complexity index is 539. The van der Waals surface area contributed by atoms with E-state index in [0.29, 0.717) is 5.56 Å². The van der Waals surface area contributed by atoms with Crippen molar-refractivity contribution in [3.63, 3.8) is 0 Å². The summed E-state index contributed by atoms with van der Waals surface area (Å²) in [6, 6.07) is 6.01. The van der Waals surface area contributed by atoms with Crippen LogP contribution in [-0.4, -0.2) is 21.2 Å². The van der Waals surface area contributed by atoms with Gasteiger partial charge >= 0.3 is 5.97 Å². The maximum Gasteiger partial charge on any atom is 0.311 e. The third-order valence-corrected chi connectivity index (χ3v) is 2.06. The lowest BCUT2D eigenvalue weighted by Gasteiger charge is -1.95. The molecule has 0 fully saturated rings. The molecule has 0 bridgehead atoms. The predicted molar refractivity (Wildman–Crippen MR) is 54.8 cm³/mol. The smallest absolute Gasteiger partial charge is 0.311 e. The molecule has 0 radical (unpaired) electrons. The molecule has 0 saturated carbocycles. The maximum absolute atomic E-state index is 12.9. The summed E-state index contributed by atoms with van der Waals surface area (Å²) in [4.78, 5) is 14.3. The van der Waals surface area contributed by atoms with Crippen molar-refractivity contribution in [3.05, 3.63) is 47.4 Å². The number of hydrogen-bond donors (Lipinski definition) is 1. The molecule has 1 aromatic carbocycles. The zero-order valence-electron chi connectivity index (χ0n) is 8.76. The van der Waals surface area contributed by atoms with E-state index >= 15 is 0 Å². The normalized spacial score (nSPS) is 10.4. The van der Waals surface area contributed by atoms with Crippen molar-refractivity contribution >= 4 is 5.97 Å². The molecular formula is C11H9FN2O3. The molecule has 0 atom stereocenters. The zero-order valence-corrected chi connectivity index (χ0v) is 8.76. The first-order valence-electron chi connectivity index (χ1n) is 4.91. The van der Waals surface area contributed by atoms with Gasteiger partial charge in [0, 0.05) is 0 Å². The van der Waals surface area contributed by atoms with Crippen LogP contribution in [0.4, 0.5) is 4.39 Å². The molecule has 0 unspecified atom stereocenters. The molecular weight excluding hydrogens is 227 g/mol. The van der Waals surface area contributed by atoms with E-state index in [1.54, 1.807) is 12.1 Å². The molecule has 0 saturated heterocycles. The van der Waals surface area contributed by atoms with Gasteiger partial charge in [-0.05, 0) is 17.7 Å². The Morgan fingerprint density at radius 2 is 2.29 bits per heavy atom. The van der Waals surface area contributed by atoms with Crippen LogP contribution in [0.2, 0.25) is 0 Å². The number of aliphatic carboxylic acids is 1. The molecule has 2 aromatic rings. The Balaban J connectivity index is 2.08. The first-order chi connectivity index (χ1) is 8.13. The summed E-state index contributed by atoms with van der Waals surface area (Å²) in [5.41, 5.74) is 0.690. The fourth-order valence-electron chi connectivity index (χ4n) is 1.39. The van der Waals surface area contributed by atoms with E-state index in [9.17, 15) is 9.18 Å². The quantitative estimate of drug-likeness (QED) is 0.868. The lowest BCUT2D eigenvalue weighted by Crippen LogP contribution is -2.01. The monoisotopic (exact) mass is 236 g/mol. The minimum Gasteiger partial charge on any atom is -0.481 e. The van der Waals surface area contributed by atoms with Gasteiger partial charge in [0.25, 0.3) is 0 Å². The average Bonchev–Trinajstić information content (AvgIpc) is 2.64. The molecule has 1 aromatic heterocycles. The zero-order chi connectivity index (χ0) is 12.3. The largest absolute Gasteiger partial charge is 0.481 e. The molecule has 1 N–H and O–H groups in total. The minimum atomic E-state index is -1.02. The van der Waals surface area contributed by atoms with Crippen molar-refractivity contribution in [2.24, 2.45) is 0 Å². The predicted octanol–water partition coefficient (Wildman–Crippen LogP) is 1.43. The topological polar surface area (TPSA) is 76.2 Å². The molecule has 5 nitrogen and oxygen atoms in total. The number of rotatable bonds is 4. The molecule has 1 heterocycles. The number of halogens is 1. The van der Waals surface area contributed by atoms with Crippen LogP contribution in [0.25, 0.3) is 0 Å². The van der Waals surface area contributed by atoms with E-state index in [0.717, 1.165) is 0 Å². The highest BCUT2D eigenvalue weighted by Crippen LogP contribution is 2.09. The van der Waals surface area contributed by atoms with Crippen molar-refractivity contribution in [2.75, 3.05) is 0 Å². The first-order valence-corrected chi connectivity index (χ1v) is 4.91. The standard InChI is InChI=1S/C11H9FN2O3/c12-8-3-1-2-7(4-8)5-10-13-9(14-17-10)6-11(15)16/h1-4H,5-6H2,(H,15,16). The van der Waals surface area contributed by atoms with Crippen LogP contribution >= 0.6 is 0 Å². The molecule has 0 spiro atoms. The molecule has 0 aliphatic carbocycles. The van der Waals surface area contributed by atoms with Gasteiger partial charge in [-0.25, -0.2) is 4.39 Å². The number of carboxylic acid groups (broad SMARTS) is 1. The maximum atomic E-state index is 12.9. The summed E-state index contributed by atoms with van der Waals surface area (Å²) < 4.78 is 17.8. The Morgan fingerprint density at radius 3 is 3.00 bits per heavy atom. The van der Waals surface area contributed by atoms with Crippen LogP contribution in [0.3, 0.4) is 0 Å². The molecule has 0 aliphatic rings. The lowest BCUT2D eigenvalue weighted by atomic mass is 10.1. The van der Waals surface area contributed by atoms with Gasteiger partial charge in [-0.15, -0.1) is 0 Å². The Hall–Kier alpha value is -2.24. The van der Waals surface area contributed by atoms with E-state index in [2.05, 4.69) is 10.1 Å². The van der Waals surface area contributed by atoms with Crippen LogP contribution < -0.4 is 0 Å². The van der Waals surface area contributed by atoms with Crippen molar-refractivity contribution in [1.29, 1.82) is 0 Å². The van der Waals surface area contributed by atoms with Crippen LogP contribution in [0.5, 0.6) is 0 Å². The average molecular weight is 236 g/mol. The van der Waals surface area contributed by atoms with Crippen LogP contribution in [0.15, 0.2) is 28.8 Å². The highest BCUT2D eigenvalue weighted by atomic mass is 19.1. The van der Waals surface area contributed by atoms with E-state index in [-0.39, 0.29) is 30.4 Å². The van der Waals surface area contributed by atoms with Gasteiger partial charge < -0.3 is 9.63 Å². The Kier molecular flexibility index (Phi) is 3.13. The highest BCUT2D eigenvalue weighted by molar-refractivity contribution is 5.68. The minimum absolute atomic E-state index is 0.115. The Labute approximate surface area is 95.9 Å². The van der Waals surface area contributed by atoms with Crippen molar-refractivity contribution in [2.45, 2.75) is 12.8 Å². The fraction of sp³-hybridized carbons (Fsp3) is 0.182. The molecule has 88 valence electrons. The fourth-order valence-corrected chi connectivity index (χ4v) is 1.39. The van der Waals surface area contributed by atoms with Crippen LogP contribution in [0.1, 0.15) is 17.3 Å². The number of aromatic nitrogens is 2. The molecule has 17 heavy (non-hydrogen) atoms. The summed E-state index contributed by atoms with van der Waals surface area (Å²) in [7, 11) is 0. The number of hydrogen-bond acceptors (Lipinski definition) is 4.